The monoisotopic (exact) mass is 391 g/mol. The third kappa shape index (κ3) is 2.97. The van der Waals surface area contributed by atoms with E-state index < -0.39 is 15.8 Å². The number of nitrogens with two attached hydrogens (primary N) is 1. The molecule has 0 bridgehead atoms. The van der Waals surface area contributed by atoms with Gasteiger partial charge in [-0.2, -0.15) is 0 Å². The second kappa shape index (κ2) is 6.30. The van der Waals surface area contributed by atoms with Crippen molar-refractivity contribution in [2.24, 2.45) is 0 Å². The molecular weight excluding hydrogens is 372 g/mol. The highest BCUT2D eigenvalue weighted by Crippen LogP contribution is 2.43. The average molecular weight is 391 g/mol. The molecule has 2 aromatic heterocycles. The molecule has 0 spiro atoms. The van der Waals surface area contributed by atoms with Crippen LogP contribution in [0, 0.1) is 0 Å². The Morgan fingerprint density at radius 1 is 1.07 bits per heavy atom. The van der Waals surface area contributed by atoms with E-state index in [-0.39, 0.29) is 47.3 Å². The standard InChI is InChI=1S/C19H19F2N3O2S/c20-19(21)10-8-13(9-11-19)24-17(22)16(15-7-4-12-23-18(15)24)27(25,26)14-5-2-1-3-6-14/h1-7,12-13H,8-11,22H2. The summed E-state index contributed by atoms with van der Waals surface area (Å²) in [5, 5.41) is 0.413. The number of hydrogen-bond acceptors (Lipinski definition) is 4. The molecule has 0 radical (unpaired) electrons. The maximum Gasteiger partial charge on any atom is 0.248 e. The van der Waals surface area contributed by atoms with Gasteiger partial charge in [-0.1, -0.05) is 18.2 Å². The largest absolute Gasteiger partial charge is 0.384 e. The third-order valence-electron chi connectivity index (χ3n) is 5.13. The zero-order valence-corrected chi connectivity index (χ0v) is 15.3. The molecular formula is C19H19F2N3O2S. The van der Waals surface area contributed by atoms with Crippen LogP contribution in [-0.2, 0) is 9.84 Å². The van der Waals surface area contributed by atoms with Gasteiger partial charge in [0.05, 0.1) is 4.90 Å². The number of aromatic nitrogens is 2. The molecule has 2 heterocycles. The number of rotatable bonds is 3. The van der Waals surface area contributed by atoms with Crippen molar-refractivity contribution in [2.75, 3.05) is 5.73 Å². The summed E-state index contributed by atoms with van der Waals surface area (Å²) in [6, 6.07) is 11.0. The number of halogens is 2. The lowest BCUT2D eigenvalue weighted by Crippen LogP contribution is -2.27. The number of fused-ring (bicyclic) bond motifs is 1. The molecule has 0 atom stereocenters. The number of benzene rings is 1. The molecule has 0 saturated heterocycles. The maximum atomic E-state index is 13.6. The molecule has 4 rings (SSSR count). The van der Waals surface area contributed by atoms with E-state index in [1.807, 2.05) is 0 Å². The Balaban J connectivity index is 1.90. The summed E-state index contributed by atoms with van der Waals surface area (Å²) in [6.07, 6.45) is 1.51. The van der Waals surface area contributed by atoms with E-state index in [0.717, 1.165) is 0 Å². The van der Waals surface area contributed by atoms with Crippen LogP contribution < -0.4 is 5.73 Å². The van der Waals surface area contributed by atoms with E-state index in [4.69, 9.17) is 5.73 Å². The molecule has 1 aromatic carbocycles. The van der Waals surface area contributed by atoms with Gasteiger partial charge in [0.25, 0.3) is 0 Å². The quantitative estimate of drug-likeness (QED) is 0.726. The van der Waals surface area contributed by atoms with Crippen LogP contribution in [0.5, 0.6) is 0 Å². The predicted octanol–water partition coefficient (Wildman–Crippen LogP) is 4.20. The molecule has 5 nitrogen and oxygen atoms in total. The Bertz CT molecular complexity index is 1080. The van der Waals surface area contributed by atoms with Crippen LogP contribution in [0.4, 0.5) is 14.6 Å². The van der Waals surface area contributed by atoms with E-state index in [0.29, 0.717) is 11.0 Å². The Labute approximate surface area is 155 Å². The van der Waals surface area contributed by atoms with Gasteiger partial charge in [0.1, 0.15) is 16.4 Å². The van der Waals surface area contributed by atoms with Crippen LogP contribution in [0.25, 0.3) is 11.0 Å². The first kappa shape index (κ1) is 17.9. The molecule has 1 fully saturated rings. The first-order chi connectivity index (χ1) is 12.8. The van der Waals surface area contributed by atoms with Crippen molar-refractivity contribution in [1.82, 2.24) is 9.55 Å². The van der Waals surface area contributed by atoms with E-state index in [1.54, 1.807) is 41.1 Å². The van der Waals surface area contributed by atoms with Crippen LogP contribution in [0.2, 0.25) is 0 Å². The van der Waals surface area contributed by atoms with Gasteiger partial charge in [-0.25, -0.2) is 22.2 Å². The fraction of sp³-hybridized carbons (Fsp3) is 0.316. The van der Waals surface area contributed by atoms with E-state index in [2.05, 4.69) is 4.98 Å². The molecule has 3 aromatic rings. The molecule has 8 heteroatoms. The number of alkyl halides is 2. The van der Waals surface area contributed by atoms with E-state index in [9.17, 15) is 17.2 Å². The molecule has 0 amide bonds. The highest BCUT2D eigenvalue weighted by atomic mass is 32.2. The summed E-state index contributed by atoms with van der Waals surface area (Å²) >= 11 is 0. The predicted molar refractivity (Wildman–Crippen MR) is 98.5 cm³/mol. The van der Waals surface area contributed by atoms with Gasteiger partial charge >= 0.3 is 0 Å². The Morgan fingerprint density at radius 3 is 2.41 bits per heavy atom. The highest BCUT2D eigenvalue weighted by Gasteiger charge is 2.38. The lowest BCUT2D eigenvalue weighted by Gasteiger charge is -2.30. The third-order valence-corrected chi connectivity index (χ3v) is 6.98. The topological polar surface area (TPSA) is 78.0 Å². The molecule has 1 aliphatic carbocycles. The van der Waals surface area contributed by atoms with Crippen molar-refractivity contribution in [2.45, 2.75) is 47.4 Å². The number of nitrogen functional groups attached to an aromatic ring is 1. The van der Waals surface area contributed by atoms with E-state index >= 15 is 0 Å². The summed E-state index contributed by atoms with van der Waals surface area (Å²) in [7, 11) is -3.87. The minimum Gasteiger partial charge on any atom is -0.384 e. The first-order valence-electron chi connectivity index (χ1n) is 8.74. The van der Waals surface area contributed by atoms with Crippen LogP contribution in [-0.4, -0.2) is 23.9 Å². The van der Waals surface area contributed by atoms with Crippen molar-refractivity contribution >= 4 is 26.7 Å². The van der Waals surface area contributed by atoms with Crippen LogP contribution in [0.15, 0.2) is 58.5 Å². The molecule has 0 aliphatic heterocycles. The van der Waals surface area contributed by atoms with Crippen molar-refractivity contribution in [3.05, 3.63) is 48.7 Å². The highest BCUT2D eigenvalue weighted by molar-refractivity contribution is 7.92. The fourth-order valence-corrected chi connectivity index (χ4v) is 5.35. The average Bonchev–Trinajstić information content (AvgIpc) is 2.95. The second-order valence-corrected chi connectivity index (χ2v) is 8.75. The van der Waals surface area contributed by atoms with Gasteiger partial charge in [0, 0.05) is 30.5 Å². The van der Waals surface area contributed by atoms with Crippen LogP contribution in [0.1, 0.15) is 31.7 Å². The molecule has 0 unspecified atom stereocenters. The van der Waals surface area contributed by atoms with Gasteiger partial charge < -0.3 is 10.3 Å². The second-order valence-electron chi connectivity index (χ2n) is 6.86. The van der Waals surface area contributed by atoms with Crippen molar-refractivity contribution in [1.29, 1.82) is 0 Å². The van der Waals surface area contributed by atoms with Crippen LogP contribution in [0.3, 0.4) is 0 Å². The number of nitrogens with zero attached hydrogens (tertiary/aromatic N) is 2. The fourth-order valence-electron chi connectivity index (χ4n) is 3.78. The molecule has 2 N–H and O–H groups in total. The smallest absolute Gasteiger partial charge is 0.248 e. The normalized spacial score (nSPS) is 18.0. The lowest BCUT2D eigenvalue weighted by atomic mass is 9.92. The van der Waals surface area contributed by atoms with Gasteiger partial charge in [0.2, 0.25) is 15.8 Å². The minimum absolute atomic E-state index is 0.00543. The summed E-state index contributed by atoms with van der Waals surface area (Å²) in [5.41, 5.74) is 6.71. The summed E-state index contributed by atoms with van der Waals surface area (Å²) in [4.78, 5) is 4.44. The first-order valence-corrected chi connectivity index (χ1v) is 10.2. The summed E-state index contributed by atoms with van der Waals surface area (Å²) in [5.74, 6) is -2.62. The molecule has 142 valence electrons. The SMILES string of the molecule is Nc1c(S(=O)(=O)c2ccccc2)c2cccnc2n1C1CCC(F)(F)CC1. The molecule has 1 saturated carbocycles. The van der Waals surface area contributed by atoms with Crippen molar-refractivity contribution < 1.29 is 17.2 Å². The Hall–Kier alpha value is -2.48. The Morgan fingerprint density at radius 2 is 1.74 bits per heavy atom. The van der Waals surface area contributed by atoms with Gasteiger partial charge in [0.15, 0.2) is 0 Å². The van der Waals surface area contributed by atoms with Gasteiger partial charge in [-0.3, -0.25) is 0 Å². The lowest BCUT2D eigenvalue weighted by molar-refractivity contribution is -0.0434. The summed E-state index contributed by atoms with van der Waals surface area (Å²) < 4.78 is 55.2. The Kier molecular flexibility index (Phi) is 4.18. The number of hydrogen-bond donors (Lipinski definition) is 1. The number of pyridine rings is 1. The number of sulfone groups is 1. The minimum atomic E-state index is -3.87. The maximum absolute atomic E-state index is 13.6. The zero-order valence-electron chi connectivity index (χ0n) is 14.5. The summed E-state index contributed by atoms with van der Waals surface area (Å²) in [6.45, 7) is 0. The van der Waals surface area contributed by atoms with E-state index in [1.165, 1.54) is 12.1 Å². The van der Waals surface area contributed by atoms with Crippen LogP contribution >= 0.6 is 0 Å². The van der Waals surface area contributed by atoms with Gasteiger partial charge in [-0.15, -0.1) is 0 Å². The van der Waals surface area contributed by atoms with Crippen molar-refractivity contribution in [3.8, 4) is 0 Å². The van der Waals surface area contributed by atoms with Gasteiger partial charge in [-0.05, 0) is 37.1 Å². The zero-order chi connectivity index (χ0) is 19.2. The molecule has 27 heavy (non-hydrogen) atoms. The van der Waals surface area contributed by atoms with Crippen molar-refractivity contribution in [3.63, 3.8) is 0 Å². The number of anilines is 1. The molecule has 1 aliphatic rings.